The predicted octanol–water partition coefficient (Wildman–Crippen LogP) is 1.16. The van der Waals surface area contributed by atoms with Crippen LogP contribution in [0.15, 0.2) is 0 Å². The van der Waals surface area contributed by atoms with E-state index in [-0.39, 0.29) is 12.0 Å². The van der Waals surface area contributed by atoms with Crippen LogP contribution in [0.5, 0.6) is 0 Å². The summed E-state index contributed by atoms with van der Waals surface area (Å²) in [5.74, 6) is 0.546. The van der Waals surface area contributed by atoms with Crippen molar-refractivity contribution in [2.24, 2.45) is 5.92 Å². The molecule has 0 bridgehead atoms. The topological polar surface area (TPSA) is 50.4 Å². The molecule has 4 heteroatoms. The molecule has 0 amide bonds. The van der Waals surface area contributed by atoms with Gasteiger partial charge in [0.1, 0.15) is 6.04 Å². The smallest absolute Gasteiger partial charge is 0.323 e. The Balaban J connectivity index is 0.000000487. The van der Waals surface area contributed by atoms with Gasteiger partial charge in [0, 0.05) is 0 Å². The molecule has 96 valence electrons. The summed E-state index contributed by atoms with van der Waals surface area (Å²) in [5.41, 5.74) is 0. The van der Waals surface area contributed by atoms with Crippen LogP contribution in [0.2, 0.25) is 0 Å². The van der Waals surface area contributed by atoms with Crippen molar-refractivity contribution in [1.29, 1.82) is 0 Å². The maximum atomic E-state index is 11.3. The van der Waals surface area contributed by atoms with Gasteiger partial charge in [-0.3, -0.25) is 4.79 Å². The summed E-state index contributed by atoms with van der Waals surface area (Å²) in [5, 5.41) is 6.09. The van der Waals surface area contributed by atoms with Crippen molar-refractivity contribution in [3.05, 3.63) is 0 Å². The summed E-state index contributed by atoms with van der Waals surface area (Å²) in [7, 11) is 1.93. The lowest BCUT2D eigenvalue weighted by Gasteiger charge is -2.26. The molecular formula is C12H26N2O2. The normalized spacial score (nSPS) is 24.2. The molecule has 0 aliphatic carbocycles. The lowest BCUT2D eigenvalue weighted by Crippen LogP contribution is -2.43. The van der Waals surface area contributed by atoms with Gasteiger partial charge in [-0.15, -0.1) is 0 Å². The van der Waals surface area contributed by atoms with Gasteiger partial charge in [-0.2, -0.15) is 0 Å². The Hall–Kier alpha value is -0.610. The van der Waals surface area contributed by atoms with Crippen molar-refractivity contribution < 1.29 is 9.53 Å². The minimum Gasteiger partial charge on any atom is -0.465 e. The SMILES string of the molecule is CCNC.CCOC(=O)C1CC(C)CCN1. The van der Waals surface area contributed by atoms with Gasteiger partial charge in [-0.1, -0.05) is 13.8 Å². The molecule has 0 aromatic carbocycles. The van der Waals surface area contributed by atoms with Gasteiger partial charge in [0.15, 0.2) is 0 Å². The van der Waals surface area contributed by atoms with E-state index in [0.717, 1.165) is 25.9 Å². The molecule has 0 aromatic rings. The molecule has 1 fully saturated rings. The molecule has 2 unspecified atom stereocenters. The maximum Gasteiger partial charge on any atom is 0.323 e. The van der Waals surface area contributed by atoms with Crippen LogP contribution in [0.25, 0.3) is 0 Å². The molecule has 0 aromatic heterocycles. The van der Waals surface area contributed by atoms with Crippen LogP contribution in [0, 0.1) is 5.92 Å². The van der Waals surface area contributed by atoms with E-state index < -0.39 is 0 Å². The van der Waals surface area contributed by atoms with Crippen LogP contribution in [0.3, 0.4) is 0 Å². The fourth-order valence-electron chi connectivity index (χ4n) is 1.53. The number of carbonyl (C=O) groups is 1. The second-order valence-electron chi connectivity index (χ2n) is 4.10. The van der Waals surface area contributed by atoms with E-state index in [1.807, 2.05) is 14.0 Å². The van der Waals surface area contributed by atoms with Crippen LogP contribution >= 0.6 is 0 Å². The van der Waals surface area contributed by atoms with Gasteiger partial charge in [-0.25, -0.2) is 0 Å². The first-order chi connectivity index (χ1) is 7.65. The van der Waals surface area contributed by atoms with Crippen LogP contribution in [0.1, 0.15) is 33.6 Å². The number of hydrogen-bond donors (Lipinski definition) is 2. The second-order valence-corrected chi connectivity index (χ2v) is 4.10. The third kappa shape index (κ3) is 6.80. The lowest BCUT2D eigenvalue weighted by molar-refractivity contribution is -0.146. The van der Waals surface area contributed by atoms with Crippen LogP contribution in [-0.2, 0) is 9.53 Å². The molecular weight excluding hydrogens is 204 g/mol. The van der Waals surface area contributed by atoms with Gasteiger partial charge >= 0.3 is 5.97 Å². The Kier molecular flexibility index (Phi) is 9.24. The lowest BCUT2D eigenvalue weighted by atomic mass is 9.94. The van der Waals surface area contributed by atoms with E-state index in [0.29, 0.717) is 12.5 Å². The number of carbonyl (C=O) groups excluding carboxylic acids is 1. The zero-order valence-electron chi connectivity index (χ0n) is 11.0. The van der Waals surface area contributed by atoms with Gasteiger partial charge in [0.25, 0.3) is 0 Å². The number of rotatable bonds is 3. The Morgan fingerprint density at radius 2 is 2.12 bits per heavy atom. The highest BCUT2D eigenvalue weighted by Crippen LogP contribution is 2.15. The first-order valence-corrected chi connectivity index (χ1v) is 6.20. The highest BCUT2D eigenvalue weighted by Gasteiger charge is 2.25. The Morgan fingerprint density at radius 1 is 1.50 bits per heavy atom. The zero-order chi connectivity index (χ0) is 12.4. The van der Waals surface area contributed by atoms with E-state index in [9.17, 15) is 4.79 Å². The Bertz CT molecular complexity index is 184. The van der Waals surface area contributed by atoms with Gasteiger partial charge in [-0.05, 0) is 45.8 Å². The first-order valence-electron chi connectivity index (χ1n) is 6.20. The minimum absolute atomic E-state index is 0.0614. The van der Waals surface area contributed by atoms with E-state index in [2.05, 4.69) is 24.5 Å². The second kappa shape index (κ2) is 9.60. The quantitative estimate of drug-likeness (QED) is 0.714. The molecule has 2 N–H and O–H groups in total. The maximum absolute atomic E-state index is 11.3. The summed E-state index contributed by atoms with van der Waals surface area (Å²) in [6, 6.07) is -0.0614. The summed E-state index contributed by atoms with van der Waals surface area (Å²) in [6.45, 7) is 8.56. The van der Waals surface area contributed by atoms with Gasteiger partial charge in [0.05, 0.1) is 6.61 Å². The van der Waals surface area contributed by atoms with Crippen molar-refractivity contribution in [2.75, 3.05) is 26.7 Å². The van der Waals surface area contributed by atoms with Crippen molar-refractivity contribution in [1.82, 2.24) is 10.6 Å². The van der Waals surface area contributed by atoms with E-state index in [4.69, 9.17) is 4.74 Å². The van der Waals surface area contributed by atoms with Crippen molar-refractivity contribution in [3.63, 3.8) is 0 Å². The molecule has 1 aliphatic rings. The van der Waals surface area contributed by atoms with Crippen LogP contribution in [0.4, 0.5) is 0 Å². The fourth-order valence-corrected chi connectivity index (χ4v) is 1.53. The fraction of sp³-hybridized carbons (Fsp3) is 0.917. The third-order valence-corrected chi connectivity index (χ3v) is 2.59. The molecule has 1 rings (SSSR count). The Morgan fingerprint density at radius 3 is 2.56 bits per heavy atom. The monoisotopic (exact) mass is 230 g/mol. The van der Waals surface area contributed by atoms with Gasteiger partial charge < -0.3 is 15.4 Å². The average molecular weight is 230 g/mol. The molecule has 4 nitrogen and oxygen atoms in total. The van der Waals surface area contributed by atoms with Crippen molar-refractivity contribution in [3.8, 4) is 0 Å². The number of hydrogen-bond acceptors (Lipinski definition) is 4. The summed E-state index contributed by atoms with van der Waals surface area (Å²) in [4.78, 5) is 11.3. The van der Waals surface area contributed by atoms with Crippen molar-refractivity contribution >= 4 is 5.97 Å². The molecule has 0 spiro atoms. The predicted molar refractivity (Wildman–Crippen MR) is 66.4 cm³/mol. The zero-order valence-corrected chi connectivity index (χ0v) is 11.0. The largest absolute Gasteiger partial charge is 0.465 e. The molecule has 2 atom stereocenters. The minimum atomic E-state index is -0.0935. The third-order valence-electron chi connectivity index (χ3n) is 2.59. The van der Waals surface area contributed by atoms with Crippen molar-refractivity contribution in [2.45, 2.75) is 39.7 Å². The molecule has 0 radical (unpaired) electrons. The standard InChI is InChI=1S/C9H17NO2.C3H9N/c1-3-12-9(11)8-6-7(2)4-5-10-8;1-3-4-2/h7-8,10H,3-6H2,1-2H3;4H,3H2,1-2H3. The summed E-state index contributed by atoms with van der Waals surface area (Å²) in [6.07, 6.45) is 2.08. The first kappa shape index (κ1) is 15.4. The Labute approximate surface area is 99.1 Å². The highest BCUT2D eigenvalue weighted by atomic mass is 16.5. The summed E-state index contributed by atoms with van der Waals surface area (Å²) < 4.78 is 4.93. The molecule has 1 saturated heterocycles. The summed E-state index contributed by atoms with van der Waals surface area (Å²) >= 11 is 0. The number of nitrogens with one attached hydrogen (secondary N) is 2. The molecule has 0 saturated carbocycles. The number of ether oxygens (including phenoxy) is 1. The van der Waals surface area contributed by atoms with Crippen LogP contribution < -0.4 is 10.6 Å². The molecule has 16 heavy (non-hydrogen) atoms. The molecule has 1 heterocycles. The van der Waals surface area contributed by atoms with E-state index >= 15 is 0 Å². The molecule has 1 aliphatic heterocycles. The number of esters is 1. The average Bonchev–Trinajstić information content (AvgIpc) is 2.30. The number of piperidine rings is 1. The van der Waals surface area contributed by atoms with E-state index in [1.165, 1.54) is 0 Å². The van der Waals surface area contributed by atoms with E-state index in [1.54, 1.807) is 0 Å². The highest BCUT2D eigenvalue weighted by molar-refractivity contribution is 5.75. The van der Waals surface area contributed by atoms with Crippen LogP contribution in [-0.4, -0.2) is 38.8 Å². The van der Waals surface area contributed by atoms with Gasteiger partial charge in [0.2, 0.25) is 0 Å².